The first kappa shape index (κ1) is 32.0. The number of unbranched alkanes of at least 4 members (excludes halogenated alkanes) is 5. The van der Waals surface area contributed by atoms with Crippen molar-refractivity contribution in [3.05, 3.63) is 30.6 Å². The molecule has 42 heavy (non-hydrogen) atoms. The van der Waals surface area contributed by atoms with Gasteiger partial charge in [-0.15, -0.1) is 0 Å². The first-order chi connectivity index (χ1) is 20.2. The lowest BCUT2D eigenvalue weighted by Gasteiger charge is -2.41. The monoisotopic (exact) mass is 582 g/mol. The van der Waals surface area contributed by atoms with Gasteiger partial charge in [0.25, 0.3) is 0 Å². The van der Waals surface area contributed by atoms with Crippen molar-refractivity contribution in [2.45, 2.75) is 117 Å². The van der Waals surface area contributed by atoms with Gasteiger partial charge in [0.15, 0.2) is 6.23 Å². The maximum Gasteiger partial charge on any atom is 0.312 e. The lowest BCUT2D eigenvalue weighted by molar-refractivity contribution is -0.172. The normalized spacial score (nSPS) is 19.0. The van der Waals surface area contributed by atoms with Crippen LogP contribution in [0.3, 0.4) is 0 Å². The number of rotatable bonds is 13. The van der Waals surface area contributed by atoms with E-state index in [0.717, 1.165) is 88.0 Å². The molecule has 0 aliphatic carbocycles. The second-order valence-electron chi connectivity index (χ2n) is 12.9. The molecule has 0 N–H and O–H groups in total. The van der Waals surface area contributed by atoms with Crippen LogP contribution in [0.4, 0.5) is 0 Å². The molecule has 4 rings (SSSR count). The lowest BCUT2D eigenvalue weighted by Crippen LogP contribution is -2.48. The molecule has 1 atom stereocenters. The predicted octanol–water partition coefficient (Wildman–Crippen LogP) is 6.72. The molecule has 0 saturated carbocycles. The van der Waals surface area contributed by atoms with Crippen molar-refractivity contribution in [3.63, 3.8) is 0 Å². The van der Waals surface area contributed by atoms with E-state index in [9.17, 15) is 9.59 Å². The number of piperidine rings is 1. The van der Waals surface area contributed by atoms with Crippen molar-refractivity contribution in [3.8, 4) is 17.1 Å². The second kappa shape index (κ2) is 15.0. The molecule has 2 aliphatic rings. The zero-order valence-corrected chi connectivity index (χ0v) is 26.1. The van der Waals surface area contributed by atoms with Gasteiger partial charge in [-0.2, -0.15) is 5.10 Å². The van der Waals surface area contributed by atoms with Gasteiger partial charge in [0.05, 0.1) is 29.6 Å². The third kappa shape index (κ3) is 9.03. The van der Waals surface area contributed by atoms with Gasteiger partial charge >= 0.3 is 5.97 Å². The summed E-state index contributed by atoms with van der Waals surface area (Å²) in [5, 5.41) is 4.48. The smallest absolute Gasteiger partial charge is 0.312 e. The van der Waals surface area contributed by atoms with Crippen LogP contribution in [0.1, 0.15) is 111 Å². The van der Waals surface area contributed by atoms with E-state index in [1.54, 1.807) is 19.3 Å². The van der Waals surface area contributed by atoms with Gasteiger partial charge in [-0.05, 0) is 83.9 Å². The highest BCUT2D eigenvalue weighted by molar-refractivity contribution is 5.78. The van der Waals surface area contributed by atoms with Gasteiger partial charge < -0.3 is 19.1 Å². The molecule has 1 unspecified atom stereocenters. The van der Waals surface area contributed by atoms with Crippen molar-refractivity contribution < 1.29 is 23.8 Å². The minimum Gasteiger partial charge on any atom is -0.492 e. The number of nitrogens with zero attached hydrogens (tertiary/aromatic N) is 4. The van der Waals surface area contributed by atoms with Crippen LogP contribution < -0.4 is 4.74 Å². The molecule has 0 aromatic carbocycles. The highest BCUT2D eigenvalue weighted by Gasteiger charge is 2.44. The van der Waals surface area contributed by atoms with Crippen LogP contribution in [-0.2, 0) is 19.1 Å². The van der Waals surface area contributed by atoms with E-state index in [2.05, 4.69) is 10.1 Å². The molecule has 2 saturated heterocycles. The first-order valence-corrected chi connectivity index (χ1v) is 15.9. The Bertz CT molecular complexity index is 1130. The molecule has 2 aliphatic heterocycles. The third-order valence-corrected chi connectivity index (χ3v) is 8.41. The molecule has 0 bridgehead atoms. The summed E-state index contributed by atoms with van der Waals surface area (Å²) in [7, 11) is 0. The van der Waals surface area contributed by atoms with E-state index >= 15 is 0 Å². The van der Waals surface area contributed by atoms with E-state index in [-0.39, 0.29) is 18.1 Å². The maximum atomic E-state index is 13.2. The predicted molar refractivity (Wildman–Crippen MR) is 162 cm³/mol. The third-order valence-electron chi connectivity index (χ3n) is 8.41. The van der Waals surface area contributed by atoms with E-state index in [1.165, 1.54) is 0 Å². The Morgan fingerprint density at radius 1 is 1.02 bits per heavy atom. The average Bonchev–Trinajstić information content (AvgIpc) is 3.46. The van der Waals surface area contributed by atoms with Crippen LogP contribution in [0.25, 0.3) is 11.4 Å². The molecule has 9 nitrogen and oxygen atoms in total. The number of ether oxygens (including phenoxy) is 3. The number of esters is 1. The summed E-state index contributed by atoms with van der Waals surface area (Å²) in [6.07, 6.45) is 15.5. The molecule has 232 valence electrons. The number of hydrogen-bond donors (Lipinski definition) is 0. The molecule has 9 heteroatoms. The molecule has 2 aromatic heterocycles. The Morgan fingerprint density at radius 3 is 2.40 bits per heavy atom. The number of carbonyl (C=O) groups is 2. The number of carbonyl (C=O) groups excluding carboxylic acids is 2. The Morgan fingerprint density at radius 2 is 1.76 bits per heavy atom. The SMILES string of the molecule is CC(=O)N1CCC(CCCCCCCCOc2ccc(-c3ccnn3C3CCCCO3)nc2)(C(=O)OC(C)(C)C)CC1. The van der Waals surface area contributed by atoms with Crippen LogP contribution in [0.5, 0.6) is 5.75 Å². The van der Waals surface area contributed by atoms with E-state index < -0.39 is 11.0 Å². The molecule has 0 spiro atoms. The zero-order chi connectivity index (χ0) is 30.0. The number of hydrogen-bond acceptors (Lipinski definition) is 7. The zero-order valence-electron chi connectivity index (χ0n) is 26.1. The number of aromatic nitrogens is 3. The Kier molecular flexibility index (Phi) is 11.4. The van der Waals surface area contributed by atoms with Crippen molar-refractivity contribution in [1.82, 2.24) is 19.7 Å². The number of amides is 1. The quantitative estimate of drug-likeness (QED) is 0.191. The van der Waals surface area contributed by atoms with Gasteiger partial charge in [0, 0.05) is 32.8 Å². The number of pyridine rings is 1. The highest BCUT2D eigenvalue weighted by atomic mass is 16.6. The summed E-state index contributed by atoms with van der Waals surface area (Å²) in [4.78, 5) is 31.4. The summed E-state index contributed by atoms with van der Waals surface area (Å²) in [5.74, 6) is 0.766. The van der Waals surface area contributed by atoms with Crippen molar-refractivity contribution in [1.29, 1.82) is 0 Å². The summed E-state index contributed by atoms with van der Waals surface area (Å²) < 4.78 is 19.6. The van der Waals surface area contributed by atoms with Crippen molar-refractivity contribution >= 4 is 11.9 Å². The van der Waals surface area contributed by atoms with E-state index in [4.69, 9.17) is 14.2 Å². The van der Waals surface area contributed by atoms with Gasteiger partial charge in [-0.1, -0.05) is 32.1 Å². The lowest BCUT2D eigenvalue weighted by atomic mass is 9.74. The Hall–Kier alpha value is -2.94. The first-order valence-electron chi connectivity index (χ1n) is 15.9. The second-order valence-corrected chi connectivity index (χ2v) is 12.9. The van der Waals surface area contributed by atoms with Crippen LogP contribution >= 0.6 is 0 Å². The molecule has 2 aromatic rings. The maximum absolute atomic E-state index is 13.2. The molecule has 1 amide bonds. The minimum absolute atomic E-state index is 0.0153. The molecular weight excluding hydrogens is 532 g/mol. The molecule has 2 fully saturated rings. The Balaban J connectivity index is 1.13. The molecule has 0 radical (unpaired) electrons. The minimum atomic E-state index is -0.504. The van der Waals surface area contributed by atoms with Crippen LogP contribution in [0, 0.1) is 5.41 Å². The summed E-state index contributed by atoms with van der Waals surface area (Å²) >= 11 is 0. The number of likely N-dealkylation sites (tertiary alicyclic amines) is 1. The van der Waals surface area contributed by atoms with Crippen LogP contribution in [0.15, 0.2) is 30.6 Å². The summed E-state index contributed by atoms with van der Waals surface area (Å²) in [5.41, 5.74) is 0.856. The van der Waals surface area contributed by atoms with Gasteiger partial charge in [-0.3, -0.25) is 14.6 Å². The van der Waals surface area contributed by atoms with E-state index in [0.29, 0.717) is 32.5 Å². The van der Waals surface area contributed by atoms with Crippen molar-refractivity contribution in [2.75, 3.05) is 26.3 Å². The van der Waals surface area contributed by atoms with Gasteiger partial charge in [0.2, 0.25) is 5.91 Å². The topological polar surface area (TPSA) is 95.8 Å². The molecule has 4 heterocycles. The van der Waals surface area contributed by atoms with E-state index in [1.807, 2.05) is 48.6 Å². The van der Waals surface area contributed by atoms with Crippen molar-refractivity contribution in [2.24, 2.45) is 5.41 Å². The average molecular weight is 583 g/mol. The standard InChI is InChI=1S/C33H50N4O5/c1-26(38)36-21-18-33(19-22-36,31(39)42-32(2,3)4)17-10-7-5-6-8-11-23-40-27-14-15-28(34-25-27)29-16-20-35-37(29)30-13-9-12-24-41-30/h14-16,20,25,30H,5-13,17-19,21-24H2,1-4H3. The van der Waals surface area contributed by atoms with Crippen LogP contribution in [-0.4, -0.2) is 63.4 Å². The highest BCUT2D eigenvalue weighted by Crippen LogP contribution is 2.39. The van der Waals surface area contributed by atoms with Gasteiger partial charge in [-0.25, -0.2) is 4.68 Å². The fourth-order valence-electron chi connectivity index (χ4n) is 5.94. The summed E-state index contributed by atoms with van der Waals surface area (Å²) in [6.45, 7) is 10.1. The Labute approximate surface area is 251 Å². The fourth-order valence-corrected chi connectivity index (χ4v) is 5.94. The van der Waals surface area contributed by atoms with Crippen LogP contribution in [0.2, 0.25) is 0 Å². The largest absolute Gasteiger partial charge is 0.492 e. The summed E-state index contributed by atoms with van der Waals surface area (Å²) in [6, 6.07) is 5.94. The molecular formula is C33H50N4O5. The van der Waals surface area contributed by atoms with Gasteiger partial charge in [0.1, 0.15) is 11.4 Å². The fraction of sp³-hybridized carbons (Fsp3) is 0.697.